The topological polar surface area (TPSA) is 71.8 Å². The van der Waals surface area contributed by atoms with E-state index in [1.807, 2.05) is 0 Å². The summed E-state index contributed by atoms with van der Waals surface area (Å²) in [5.41, 5.74) is 0.232. The highest BCUT2D eigenvalue weighted by Crippen LogP contribution is 2.20. The molecule has 0 saturated carbocycles. The molecule has 1 aromatic heterocycles. The molecule has 0 radical (unpaired) electrons. The number of aromatic amines is 1. The molecule has 1 N–H and O–H groups in total. The van der Waals surface area contributed by atoms with Gasteiger partial charge in [-0.15, -0.1) is 0 Å². The summed E-state index contributed by atoms with van der Waals surface area (Å²) in [7, 11) is 0. The third-order valence-corrected chi connectivity index (χ3v) is 1.70. The van der Waals surface area contributed by atoms with Gasteiger partial charge >= 0.3 is 0 Å². The predicted octanol–water partition coefficient (Wildman–Crippen LogP) is 1.61. The van der Waals surface area contributed by atoms with E-state index in [1.165, 1.54) is 12.1 Å². The molecule has 0 saturated heterocycles. The smallest absolute Gasteiger partial charge is 0.258 e. The molecule has 0 aliphatic rings. The number of hydrogen-bond donors (Lipinski definition) is 1. The van der Waals surface area contributed by atoms with Gasteiger partial charge in [0.2, 0.25) is 5.95 Å². The van der Waals surface area contributed by atoms with Crippen LogP contribution in [0.1, 0.15) is 0 Å². The minimum atomic E-state index is -0.654. The molecule has 66 valence electrons. The van der Waals surface area contributed by atoms with Crippen molar-refractivity contribution in [3.8, 4) is 0 Å². The number of H-pyrrole nitrogens is 1. The van der Waals surface area contributed by atoms with Gasteiger partial charge in [0.1, 0.15) is 0 Å². The van der Waals surface area contributed by atoms with Crippen LogP contribution in [-0.4, -0.2) is 15.1 Å². The number of benzene rings is 1. The van der Waals surface area contributed by atoms with Crippen LogP contribution in [0.15, 0.2) is 18.2 Å². The van der Waals surface area contributed by atoms with Crippen molar-refractivity contribution in [3.63, 3.8) is 0 Å². The minimum absolute atomic E-state index is 0.134. The first-order chi connectivity index (χ1) is 6.18. The van der Waals surface area contributed by atoms with Crippen molar-refractivity contribution in [3.05, 3.63) is 34.3 Å². The normalized spacial score (nSPS) is 10.5. The number of nitro benzene ring substituents is 1. The molecule has 0 atom stereocenters. The van der Waals surface area contributed by atoms with Crippen LogP contribution in [0, 0.1) is 16.1 Å². The number of rotatable bonds is 1. The molecule has 1 heterocycles. The maximum atomic E-state index is 12.8. The lowest BCUT2D eigenvalue weighted by molar-refractivity contribution is -0.384. The fourth-order valence-electron chi connectivity index (χ4n) is 1.08. The number of non-ortho nitro benzene ring substituents is 1. The lowest BCUT2D eigenvalue weighted by atomic mass is 10.2. The second-order valence-electron chi connectivity index (χ2n) is 2.50. The third-order valence-electron chi connectivity index (χ3n) is 1.70. The average Bonchev–Trinajstić information content (AvgIpc) is 2.47. The number of halogens is 1. The van der Waals surface area contributed by atoms with Crippen LogP contribution in [0.4, 0.5) is 10.1 Å². The van der Waals surface area contributed by atoms with Gasteiger partial charge in [-0.25, -0.2) is 0 Å². The highest BCUT2D eigenvalue weighted by Gasteiger charge is 2.10. The van der Waals surface area contributed by atoms with E-state index < -0.39 is 10.9 Å². The van der Waals surface area contributed by atoms with Crippen molar-refractivity contribution < 1.29 is 9.31 Å². The van der Waals surface area contributed by atoms with Gasteiger partial charge in [-0.05, 0) is 6.07 Å². The Labute approximate surface area is 71.3 Å². The monoisotopic (exact) mass is 181 g/mol. The standard InChI is InChI=1S/C7H4FN3O2/c8-7-5-3-4(11(12)13)1-2-6(5)9-10-7/h1-3H,(H,9,10). The van der Waals surface area contributed by atoms with Crippen LogP contribution in [0.3, 0.4) is 0 Å². The summed E-state index contributed by atoms with van der Waals surface area (Å²) in [5, 5.41) is 16.2. The highest BCUT2D eigenvalue weighted by molar-refractivity contribution is 5.80. The summed E-state index contributed by atoms with van der Waals surface area (Å²) in [5.74, 6) is -0.654. The van der Waals surface area contributed by atoms with Crippen molar-refractivity contribution in [1.29, 1.82) is 0 Å². The first kappa shape index (κ1) is 7.66. The van der Waals surface area contributed by atoms with Crippen molar-refractivity contribution in [2.24, 2.45) is 0 Å². The van der Waals surface area contributed by atoms with Crippen LogP contribution in [-0.2, 0) is 0 Å². The van der Waals surface area contributed by atoms with Gasteiger partial charge in [-0.2, -0.15) is 9.49 Å². The van der Waals surface area contributed by atoms with E-state index in [4.69, 9.17) is 0 Å². The second-order valence-corrected chi connectivity index (χ2v) is 2.50. The van der Waals surface area contributed by atoms with E-state index in [9.17, 15) is 14.5 Å². The SMILES string of the molecule is O=[N+]([O-])c1ccc2n[nH]c(F)c2c1. The molecule has 0 bridgehead atoms. The maximum absolute atomic E-state index is 12.8. The summed E-state index contributed by atoms with van der Waals surface area (Å²) in [4.78, 5) is 9.75. The molecule has 2 rings (SSSR count). The second kappa shape index (κ2) is 2.51. The fourth-order valence-corrected chi connectivity index (χ4v) is 1.08. The molecule has 2 aromatic rings. The lowest BCUT2D eigenvalue weighted by Gasteiger charge is -1.89. The summed E-state index contributed by atoms with van der Waals surface area (Å²) >= 11 is 0. The molecule has 0 amide bonds. The zero-order chi connectivity index (χ0) is 9.42. The number of fused-ring (bicyclic) bond motifs is 1. The van der Waals surface area contributed by atoms with Crippen LogP contribution in [0.2, 0.25) is 0 Å². The zero-order valence-corrected chi connectivity index (χ0v) is 6.32. The van der Waals surface area contributed by atoms with Gasteiger partial charge in [0.25, 0.3) is 5.69 Å². The zero-order valence-electron chi connectivity index (χ0n) is 6.32. The van der Waals surface area contributed by atoms with E-state index >= 15 is 0 Å². The Hall–Kier alpha value is -1.98. The number of hydrogen-bond acceptors (Lipinski definition) is 3. The van der Waals surface area contributed by atoms with Gasteiger partial charge < -0.3 is 0 Å². The molecular weight excluding hydrogens is 177 g/mol. The maximum Gasteiger partial charge on any atom is 0.270 e. The Morgan fingerprint density at radius 1 is 1.54 bits per heavy atom. The number of nitro groups is 1. The molecule has 13 heavy (non-hydrogen) atoms. The minimum Gasteiger partial charge on any atom is -0.258 e. The van der Waals surface area contributed by atoms with Crippen LogP contribution >= 0.6 is 0 Å². The van der Waals surface area contributed by atoms with Gasteiger partial charge in [0.15, 0.2) is 0 Å². The first-order valence-electron chi connectivity index (χ1n) is 3.46. The Bertz CT molecular complexity index is 480. The Morgan fingerprint density at radius 2 is 2.31 bits per heavy atom. The van der Waals surface area contributed by atoms with Crippen molar-refractivity contribution in [2.45, 2.75) is 0 Å². The molecule has 0 fully saturated rings. The van der Waals surface area contributed by atoms with Crippen LogP contribution < -0.4 is 0 Å². The molecule has 0 aliphatic carbocycles. The highest BCUT2D eigenvalue weighted by atomic mass is 19.1. The van der Waals surface area contributed by atoms with Gasteiger partial charge in [-0.3, -0.25) is 15.2 Å². The van der Waals surface area contributed by atoms with Gasteiger partial charge in [0, 0.05) is 12.1 Å². The lowest BCUT2D eigenvalue weighted by Crippen LogP contribution is -1.86. The van der Waals surface area contributed by atoms with E-state index in [2.05, 4.69) is 10.2 Å². The number of nitrogens with zero attached hydrogens (tertiary/aromatic N) is 2. The quantitative estimate of drug-likeness (QED) is 0.536. The van der Waals surface area contributed by atoms with Crippen molar-refractivity contribution in [2.75, 3.05) is 0 Å². The van der Waals surface area contributed by atoms with E-state index in [1.54, 1.807) is 0 Å². The fraction of sp³-hybridized carbons (Fsp3) is 0. The largest absolute Gasteiger partial charge is 0.270 e. The molecule has 0 aliphatic heterocycles. The summed E-state index contributed by atoms with van der Waals surface area (Å²) in [6.07, 6.45) is 0. The predicted molar refractivity (Wildman–Crippen MR) is 42.7 cm³/mol. The summed E-state index contributed by atoms with van der Waals surface area (Å²) in [6, 6.07) is 3.82. The van der Waals surface area contributed by atoms with Crippen molar-refractivity contribution >= 4 is 16.6 Å². The summed E-state index contributed by atoms with van der Waals surface area (Å²) < 4.78 is 12.8. The molecule has 0 spiro atoms. The van der Waals surface area contributed by atoms with Gasteiger partial charge in [0.05, 0.1) is 15.8 Å². The molecule has 0 unspecified atom stereocenters. The average molecular weight is 181 g/mol. The third kappa shape index (κ3) is 1.12. The Morgan fingerprint density at radius 3 is 3.00 bits per heavy atom. The van der Waals surface area contributed by atoms with E-state index in [0.29, 0.717) is 5.52 Å². The Balaban J connectivity index is 2.72. The van der Waals surface area contributed by atoms with Crippen LogP contribution in [0.5, 0.6) is 0 Å². The summed E-state index contributed by atoms with van der Waals surface area (Å²) in [6.45, 7) is 0. The Kier molecular flexibility index (Phi) is 1.48. The number of aromatic nitrogens is 2. The van der Waals surface area contributed by atoms with E-state index in [0.717, 1.165) is 6.07 Å². The van der Waals surface area contributed by atoms with Crippen molar-refractivity contribution in [1.82, 2.24) is 10.2 Å². The molecular formula is C7H4FN3O2. The van der Waals surface area contributed by atoms with Crippen LogP contribution in [0.25, 0.3) is 10.9 Å². The molecule has 5 nitrogen and oxygen atoms in total. The first-order valence-corrected chi connectivity index (χ1v) is 3.46. The molecule has 1 aromatic carbocycles. The number of nitrogens with one attached hydrogen (secondary N) is 1. The van der Waals surface area contributed by atoms with E-state index in [-0.39, 0.29) is 11.1 Å². The molecule has 6 heteroatoms. The van der Waals surface area contributed by atoms with Gasteiger partial charge in [-0.1, -0.05) is 0 Å².